The van der Waals surface area contributed by atoms with Crippen molar-refractivity contribution in [3.05, 3.63) is 29.8 Å². The molecule has 1 aromatic carbocycles. The van der Waals surface area contributed by atoms with Gasteiger partial charge in [0, 0.05) is 38.3 Å². The maximum atomic E-state index is 12.4. The molecule has 0 aromatic heterocycles. The van der Waals surface area contributed by atoms with E-state index in [-0.39, 0.29) is 23.7 Å². The van der Waals surface area contributed by atoms with Gasteiger partial charge in [-0.05, 0) is 37.5 Å². The van der Waals surface area contributed by atoms with E-state index >= 15 is 0 Å². The Morgan fingerprint density at radius 1 is 1.27 bits per heavy atom. The van der Waals surface area contributed by atoms with Crippen LogP contribution in [0, 0.1) is 0 Å². The first-order valence-corrected chi connectivity index (χ1v) is 9.15. The highest BCUT2D eigenvalue weighted by Gasteiger charge is 2.35. The molecule has 0 spiro atoms. The highest BCUT2D eigenvalue weighted by atomic mass is 35.5. The third-order valence-corrected chi connectivity index (χ3v) is 5.05. The fourth-order valence-corrected chi connectivity index (χ4v) is 3.50. The summed E-state index contributed by atoms with van der Waals surface area (Å²) in [6.45, 7) is 6.62. The number of benzene rings is 1. The molecule has 2 saturated heterocycles. The average Bonchev–Trinajstić information content (AvgIpc) is 2.68. The standard InChI is InChI=1S/C19H28N2O4.ClH/c1-2-24-16-5-3-15(4-6-16)19(7-10-23-11-8-19)14-21-18(22)17-13-20-9-12-25-17;/h3-6,17,20H,2,7-14H2,1H3,(H,21,22);1H. The van der Waals surface area contributed by atoms with Gasteiger partial charge < -0.3 is 24.8 Å². The van der Waals surface area contributed by atoms with Crippen LogP contribution < -0.4 is 15.4 Å². The average molecular weight is 385 g/mol. The summed E-state index contributed by atoms with van der Waals surface area (Å²) in [4.78, 5) is 12.4. The number of hydrogen-bond acceptors (Lipinski definition) is 5. The molecule has 6 nitrogen and oxygen atoms in total. The summed E-state index contributed by atoms with van der Waals surface area (Å²) in [5.74, 6) is 0.836. The molecule has 1 atom stereocenters. The van der Waals surface area contributed by atoms with Gasteiger partial charge in [-0.1, -0.05) is 12.1 Å². The Labute approximate surface area is 161 Å². The first-order valence-electron chi connectivity index (χ1n) is 9.15. The Hall–Kier alpha value is -1.34. The number of hydrogen-bond donors (Lipinski definition) is 2. The maximum absolute atomic E-state index is 12.4. The number of ether oxygens (including phenoxy) is 3. The molecule has 0 saturated carbocycles. The van der Waals surface area contributed by atoms with Crippen LogP contribution in [0.5, 0.6) is 5.75 Å². The van der Waals surface area contributed by atoms with E-state index in [0.29, 0.717) is 39.5 Å². The summed E-state index contributed by atoms with van der Waals surface area (Å²) in [6, 6.07) is 8.24. The number of nitrogens with one attached hydrogen (secondary N) is 2. The molecule has 0 aliphatic carbocycles. The quantitative estimate of drug-likeness (QED) is 0.780. The van der Waals surface area contributed by atoms with E-state index in [9.17, 15) is 4.79 Å². The Morgan fingerprint density at radius 3 is 2.62 bits per heavy atom. The summed E-state index contributed by atoms with van der Waals surface area (Å²) in [5.41, 5.74) is 1.13. The second kappa shape index (κ2) is 10.1. The SMILES string of the molecule is CCOc1ccc(C2(CNC(=O)C3CNCCO3)CCOCC2)cc1.Cl. The van der Waals surface area contributed by atoms with Crippen molar-refractivity contribution >= 4 is 18.3 Å². The van der Waals surface area contributed by atoms with Crippen molar-refractivity contribution in [1.29, 1.82) is 0 Å². The van der Waals surface area contributed by atoms with E-state index in [4.69, 9.17) is 14.2 Å². The number of rotatable bonds is 6. The largest absolute Gasteiger partial charge is 0.494 e. The van der Waals surface area contributed by atoms with Gasteiger partial charge in [-0.25, -0.2) is 0 Å². The van der Waals surface area contributed by atoms with Gasteiger partial charge in [-0.15, -0.1) is 12.4 Å². The molecule has 0 radical (unpaired) electrons. The van der Waals surface area contributed by atoms with Crippen LogP contribution in [0.1, 0.15) is 25.3 Å². The van der Waals surface area contributed by atoms with E-state index < -0.39 is 6.10 Å². The molecule has 2 aliphatic rings. The number of halogens is 1. The third kappa shape index (κ3) is 5.10. The van der Waals surface area contributed by atoms with Crippen molar-refractivity contribution in [2.45, 2.75) is 31.3 Å². The minimum absolute atomic E-state index is 0. The van der Waals surface area contributed by atoms with Crippen molar-refractivity contribution in [1.82, 2.24) is 10.6 Å². The molecule has 2 heterocycles. The lowest BCUT2D eigenvalue weighted by atomic mass is 9.74. The zero-order valence-electron chi connectivity index (χ0n) is 15.3. The Bertz CT molecular complexity index is 555. The molecule has 146 valence electrons. The number of morpholine rings is 1. The topological polar surface area (TPSA) is 68.8 Å². The number of carbonyl (C=O) groups excluding carboxylic acids is 1. The molecular weight excluding hydrogens is 356 g/mol. The lowest BCUT2D eigenvalue weighted by Crippen LogP contribution is -2.51. The van der Waals surface area contributed by atoms with Crippen LogP contribution in [-0.2, 0) is 19.7 Å². The van der Waals surface area contributed by atoms with Crippen molar-refractivity contribution < 1.29 is 19.0 Å². The molecule has 3 rings (SSSR count). The fourth-order valence-electron chi connectivity index (χ4n) is 3.50. The van der Waals surface area contributed by atoms with Gasteiger partial charge in [0.25, 0.3) is 0 Å². The third-order valence-electron chi connectivity index (χ3n) is 5.05. The molecule has 2 N–H and O–H groups in total. The van der Waals surface area contributed by atoms with Gasteiger partial charge in [-0.3, -0.25) is 4.79 Å². The van der Waals surface area contributed by atoms with Gasteiger partial charge in [0.2, 0.25) is 5.91 Å². The van der Waals surface area contributed by atoms with Crippen LogP contribution in [0.15, 0.2) is 24.3 Å². The van der Waals surface area contributed by atoms with Crippen LogP contribution in [0.25, 0.3) is 0 Å². The summed E-state index contributed by atoms with van der Waals surface area (Å²) in [5, 5.41) is 6.30. The molecular formula is C19H29ClN2O4. The molecule has 2 fully saturated rings. The Kier molecular flexibility index (Phi) is 8.15. The van der Waals surface area contributed by atoms with E-state index in [1.165, 1.54) is 5.56 Å². The van der Waals surface area contributed by atoms with Crippen molar-refractivity contribution in [2.24, 2.45) is 0 Å². The predicted molar refractivity (Wildman–Crippen MR) is 102 cm³/mol. The summed E-state index contributed by atoms with van der Waals surface area (Å²) in [6.07, 6.45) is 1.39. The molecule has 26 heavy (non-hydrogen) atoms. The molecule has 1 unspecified atom stereocenters. The highest BCUT2D eigenvalue weighted by molar-refractivity contribution is 5.85. The van der Waals surface area contributed by atoms with Gasteiger partial charge >= 0.3 is 0 Å². The highest BCUT2D eigenvalue weighted by Crippen LogP contribution is 2.35. The van der Waals surface area contributed by atoms with Crippen LogP contribution in [0.2, 0.25) is 0 Å². The van der Waals surface area contributed by atoms with Crippen molar-refractivity contribution in [3.63, 3.8) is 0 Å². The summed E-state index contributed by atoms with van der Waals surface area (Å²) >= 11 is 0. The Balaban J connectivity index is 0.00000243. The fraction of sp³-hybridized carbons (Fsp3) is 0.632. The first-order chi connectivity index (χ1) is 12.2. The van der Waals surface area contributed by atoms with Crippen molar-refractivity contribution in [2.75, 3.05) is 46.1 Å². The minimum Gasteiger partial charge on any atom is -0.494 e. The normalized spacial score (nSPS) is 22.1. The first kappa shape index (κ1) is 21.0. The summed E-state index contributed by atoms with van der Waals surface area (Å²) < 4.78 is 16.6. The maximum Gasteiger partial charge on any atom is 0.250 e. The van der Waals surface area contributed by atoms with Crippen LogP contribution in [-0.4, -0.2) is 58.1 Å². The lowest BCUT2D eigenvalue weighted by molar-refractivity contribution is -0.134. The zero-order valence-corrected chi connectivity index (χ0v) is 16.1. The monoisotopic (exact) mass is 384 g/mol. The number of carbonyl (C=O) groups is 1. The van der Waals surface area contributed by atoms with Gasteiger partial charge in [0.1, 0.15) is 11.9 Å². The second-order valence-corrected chi connectivity index (χ2v) is 6.63. The van der Waals surface area contributed by atoms with Gasteiger partial charge in [0.05, 0.1) is 13.2 Å². The Morgan fingerprint density at radius 2 is 2.00 bits per heavy atom. The van der Waals surface area contributed by atoms with Crippen LogP contribution in [0.3, 0.4) is 0 Å². The zero-order chi connectivity index (χ0) is 17.5. The molecule has 1 amide bonds. The lowest BCUT2D eigenvalue weighted by Gasteiger charge is -2.38. The molecule has 2 aliphatic heterocycles. The van der Waals surface area contributed by atoms with Crippen LogP contribution in [0.4, 0.5) is 0 Å². The smallest absolute Gasteiger partial charge is 0.250 e. The van der Waals surface area contributed by atoms with Crippen molar-refractivity contribution in [3.8, 4) is 5.75 Å². The van der Waals surface area contributed by atoms with Gasteiger partial charge in [0.15, 0.2) is 0 Å². The predicted octanol–water partition coefficient (Wildman–Crippen LogP) is 1.66. The van der Waals surface area contributed by atoms with E-state index in [1.54, 1.807) is 0 Å². The number of amides is 1. The molecule has 0 bridgehead atoms. The molecule has 7 heteroatoms. The van der Waals surface area contributed by atoms with E-state index in [1.807, 2.05) is 19.1 Å². The van der Waals surface area contributed by atoms with Crippen LogP contribution >= 0.6 is 12.4 Å². The summed E-state index contributed by atoms with van der Waals surface area (Å²) in [7, 11) is 0. The van der Waals surface area contributed by atoms with E-state index in [0.717, 1.165) is 25.1 Å². The second-order valence-electron chi connectivity index (χ2n) is 6.63. The van der Waals surface area contributed by atoms with E-state index in [2.05, 4.69) is 22.8 Å². The van der Waals surface area contributed by atoms with Gasteiger partial charge in [-0.2, -0.15) is 0 Å². The molecule has 1 aromatic rings. The minimum atomic E-state index is -0.397.